The molecular formula is C37H47N7O6. The number of nitrogens with one attached hydrogen (secondary N) is 4. The van der Waals surface area contributed by atoms with Crippen LogP contribution in [0.4, 0.5) is 5.69 Å². The first-order chi connectivity index (χ1) is 24.2. The molecule has 3 heterocycles. The van der Waals surface area contributed by atoms with Crippen molar-refractivity contribution < 1.29 is 24.0 Å². The molecule has 0 aromatic carbocycles. The maximum Gasteiger partial charge on any atom is 0.287 e. The molecule has 0 spiro atoms. The van der Waals surface area contributed by atoms with Crippen molar-refractivity contribution in [3.63, 3.8) is 0 Å². The molecule has 50 heavy (non-hydrogen) atoms. The van der Waals surface area contributed by atoms with Crippen LogP contribution in [-0.2, 0) is 25.7 Å². The summed E-state index contributed by atoms with van der Waals surface area (Å²) in [6.07, 6.45) is 13.4. The summed E-state index contributed by atoms with van der Waals surface area (Å²) < 4.78 is 1.24. The van der Waals surface area contributed by atoms with Gasteiger partial charge in [0.15, 0.2) is 0 Å². The summed E-state index contributed by atoms with van der Waals surface area (Å²) in [6.45, 7) is 3.94. The number of fused-ring (bicyclic) bond motifs is 3. The molecule has 4 N–H and O–H groups in total. The molecule has 3 aromatic rings. The standard InChI is InChI=1S/C37H47N7O6/c1-3-5-8-23-19-24-9-6-10-25(20-23)33(24)43-32(46)22-44-18-7-11-30(37(44)50)42-35(48)29(14-15-31(45)36(49)39-4-2)41-34(47)28-13-12-26-21-38-17-16-27(26)40-28/h7,11-13,16-18,21,23-25,29,33H,3-6,8-10,14-15,19-20,22H2,1-2H3,(H,39,49)(H,41,47)(H,42,48)(H,43,46)/t23?,24?,25?,29-,33?/m0/s1. The molecule has 0 aliphatic heterocycles. The predicted molar refractivity (Wildman–Crippen MR) is 188 cm³/mol. The SMILES string of the molecule is CCCCC1CC2CCCC(C1)C2NC(=O)Cn1cccc(NC(=O)[C@H](CCC(=O)C(=O)NCC)NC(=O)c2ccc3cnccc3n2)c1=O. The van der Waals surface area contributed by atoms with E-state index in [4.69, 9.17) is 0 Å². The molecule has 13 nitrogen and oxygen atoms in total. The Kier molecular flexibility index (Phi) is 12.5. The van der Waals surface area contributed by atoms with Crippen LogP contribution in [0.1, 0.15) is 88.5 Å². The van der Waals surface area contributed by atoms with E-state index in [1.54, 1.807) is 37.5 Å². The summed E-state index contributed by atoms with van der Waals surface area (Å²) in [4.78, 5) is 86.4. The Balaban J connectivity index is 1.26. The third-order valence-electron chi connectivity index (χ3n) is 9.92. The van der Waals surface area contributed by atoms with Gasteiger partial charge in [0.1, 0.15) is 24.0 Å². The fourth-order valence-electron chi connectivity index (χ4n) is 7.44. The summed E-state index contributed by atoms with van der Waals surface area (Å²) >= 11 is 0. The largest absolute Gasteiger partial charge is 0.351 e. The van der Waals surface area contributed by atoms with E-state index < -0.39 is 35.1 Å². The molecule has 0 saturated heterocycles. The second-order valence-corrected chi connectivity index (χ2v) is 13.5. The molecule has 2 bridgehead atoms. The van der Waals surface area contributed by atoms with Crippen LogP contribution in [0.3, 0.4) is 0 Å². The molecule has 266 valence electrons. The van der Waals surface area contributed by atoms with Crippen molar-refractivity contribution in [2.75, 3.05) is 11.9 Å². The van der Waals surface area contributed by atoms with Crippen molar-refractivity contribution in [2.45, 2.75) is 96.7 Å². The van der Waals surface area contributed by atoms with Gasteiger partial charge in [-0.25, -0.2) is 4.98 Å². The van der Waals surface area contributed by atoms with E-state index in [2.05, 4.69) is 38.2 Å². The van der Waals surface area contributed by atoms with E-state index in [1.807, 2.05) is 0 Å². The normalized spacial score (nSPS) is 20.4. The number of aromatic nitrogens is 3. The van der Waals surface area contributed by atoms with Gasteiger partial charge in [-0.2, -0.15) is 0 Å². The minimum absolute atomic E-state index is 0.0308. The van der Waals surface area contributed by atoms with Crippen LogP contribution >= 0.6 is 0 Å². The third-order valence-corrected chi connectivity index (χ3v) is 9.92. The first-order valence-electron chi connectivity index (χ1n) is 17.8. The number of pyridine rings is 3. The van der Waals surface area contributed by atoms with Gasteiger partial charge < -0.3 is 25.8 Å². The minimum atomic E-state index is -1.29. The van der Waals surface area contributed by atoms with Gasteiger partial charge in [-0.05, 0) is 87.1 Å². The monoisotopic (exact) mass is 685 g/mol. The number of amides is 4. The predicted octanol–water partition coefficient (Wildman–Crippen LogP) is 3.52. The topological polar surface area (TPSA) is 181 Å². The number of hydrogen-bond donors (Lipinski definition) is 4. The number of unbranched alkanes of at least 4 members (excludes halogenated alkanes) is 1. The highest BCUT2D eigenvalue weighted by molar-refractivity contribution is 6.36. The summed E-state index contributed by atoms with van der Waals surface area (Å²) in [7, 11) is 0. The molecule has 3 aromatic heterocycles. The second-order valence-electron chi connectivity index (χ2n) is 13.5. The van der Waals surface area contributed by atoms with Crippen LogP contribution < -0.4 is 26.8 Å². The molecule has 13 heteroatoms. The number of nitrogens with zero attached hydrogens (tertiary/aromatic N) is 3. The van der Waals surface area contributed by atoms with E-state index >= 15 is 0 Å². The van der Waals surface area contributed by atoms with E-state index in [0.29, 0.717) is 23.3 Å². The lowest BCUT2D eigenvalue weighted by atomic mass is 9.64. The molecule has 2 saturated carbocycles. The van der Waals surface area contributed by atoms with Crippen LogP contribution in [0.15, 0.2) is 53.7 Å². The van der Waals surface area contributed by atoms with Gasteiger partial charge in [-0.15, -0.1) is 0 Å². The number of ketones is 1. The van der Waals surface area contributed by atoms with Gasteiger partial charge in [-0.1, -0.05) is 32.6 Å². The zero-order chi connectivity index (χ0) is 35.6. The lowest BCUT2D eigenvalue weighted by Gasteiger charge is -2.46. The molecule has 5 rings (SSSR count). The van der Waals surface area contributed by atoms with Crippen LogP contribution in [0.2, 0.25) is 0 Å². The van der Waals surface area contributed by atoms with Crippen molar-refractivity contribution in [2.24, 2.45) is 17.8 Å². The maximum atomic E-state index is 13.6. The fourth-order valence-corrected chi connectivity index (χ4v) is 7.44. The van der Waals surface area contributed by atoms with Crippen LogP contribution in [0.5, 0.6) is 0 Å². The van der Waals surface area contributed by atoms with Crippen LogP contribution in [-0.4, -0.2) is 62.6 Å². The molecule has 3 atom stereocenters. The lowest BCUT2D eigenvalue weighted by molar-refractivity contribution is -0.138. The molecule has 2 aliphatic rings. The van der Waals surface area contributed by atoms with Crippen LogP contribution in [0, 0.1) is 17.8 Å². The Labute approximate surface area is 291 Å². The highest BCUT2D eigenvalue weighted by Gasteiger charge is 2.40. The summed E-state index contributed by atoms with van der Waals surface area (Å²) in [5.41, 5.74) is -0.128. The number of hydrogen-bond acceptors (Lipinski definition) is 8. The Morgan fingerprint density at radius 2 is 1.80 bits per heavy atom. The van der Waals surface area contributed by atoms with Crippen molar-refractivity contribution in [3.8, 4) is 0 Å². The van der Waals surface area contributed by atoms with Crippen molar-refractivity contribution in [1.82, 2.24) is 30.5 Å². The van der Waals surface area contributed by atoms with Gasteiger partial charge in [-0.3, -0.25) is 33.8 Å². The second kappa shape index (κ2) is 17.1. The smallest absolute Gasteiger partial charge is 0.287 e. The first kappa shape index (κ1) is 36.3. The highest BCUT2D eigenvalue weighted by atomic mass is 16.2. The summed E-state index contributed by atoms with van der Waals surface area (Å²) in [5, 5.41) is 11.6. The number of carbonyl (C=O) groups is 5. The van der Waals surface area contributed by atoms with E-state index in [0.717, 1.165) is 31.1 Å². The average molecular weight is 686 g/mol. The lowest BCUT2D eigenvalue weighted by Crippen LogP contribution is -2.52. The van der Waals surface area contributed by atoms with Gasteiger partial charge in [0.25, 0.3) is 17.4 Å². The van der Waals surface area contributed by atoms with Gasteiger partial charge in [0.05, 0.1) is 5.52 Å². The molecule has 2 aliphatic carbocycles. The first-order valence-corrected chi connectivity index (χ1v) is 17.8. The van der Waals surface area contributed by atoms with Crippen molar-refractivity contribution in [1.29, 1.82) is 0 Å². The fraction of sp³-hybridized carbons (Fsp3) is 0.514. The summed E-state index contributed by atoms with van der Waals surface area (Å²) in [6, 6.07) is 6.58. The zero-order valence-corrected chi connectivity index (χ0v) is 28.8. The number of carbonyl (C=O) groups excluding carboxylic acids is 5. The Morgan fingerprint density at radius 3 is 2.54 bits per heavy atom. The molecular weight excluding hydrogens is 638 g/mol. The number of likely N-dealkylation sites (N-methyl/N-ethyl adjacent to an activating group) is 1. The third kappa shape index (κ3) is 9.19. The van der Waals surface area contributed by atoms with E-state index in [9.17, 15) is 28.8 Å². The molecule has 4 amide bonds. The van der Waals surface area contributed by atoms with Gasteiger partial charge in [0, 0.05) is 43.0 Å². The van der Waals surface area contributed by atoms with Crippen molar-refractivity contribution >= 4 is 46.0 Å². The molecule has 0 radical (unpaired) electrons. The highest BCUT2D eigenvalue weighted by Crippen LogP contribution is 2.44. The zero-order valence-electron chi connectivity index (χ0n) is 28.8. The molecule has 2 unspecified atom stereocenters. The van der Waals surface area contributed by atoms with Crippen LogP contribution in [0.25, 0.3) is 10.9 Å². The Morgan fingerprint density at radius 1 is 1.02 bits per heavy atom. The Hall–Kier alpha value is -4.94. The number of anilines is 1. The molecule has 2 fully saturated rings. The van der Waals surface area contributed by atoms with Crippen molar-refractivity contribution in [3.05, 3.63) is 65.0 Å². The summed E-state index contributed by atoms with van der Waals surface area (Å²) in [5.74, 6) is -1.63. The quantitative estimate of drug-likeness (QED) is 0.175. The Bertz CT molecular complexity index is 1760. The average Bonchev–Trinajstić information content (AvgIpc) is 3.10. The minimum Gasteiger partial charge on any atom is -0.351 e. The van der Waals surface area contributed by atoms with Gasteiger partial charge >= 0.3 is 0 Å². The number of rotatable bonds is 15. The van der Waals surface area contributed by atoms with E-state index in [-0.39, 0.29) is 49.3 Å². The maximum absolute atomic E-state index is 13.6. The number of Topliss-reactive ketones (excluding diaryl/α,β-unsaturated/α-hetero) is 1. The van der Waals surface area contributed by atoms with E-state index in [1.165, 1.54) is 48.6 Å². The van der Waals surface area contributed by atoms with Gasteiger partial charge in [0.2, 0.25) is 17.6 Å².